The van der Waals surface area contributed by atoms with Crippen LogP contribution < -0.4 is 8.82 Å². The maximum Gasteiger partial charge on any atom is 0.278 e. The zero-order valence-electron chi connectivity index (χ0n) is 13.0. The lowest BCUT2D eigenvalue weighted by Gasteiger charge is -2.19. The summed E-state index contributed by atoms with van der Waals surface area (Å²) >= 11 is 0. The number of carbonyl (C=O) groups is 1. The minimum absolute atomic E-state index is 0.0111. The van der Waals surface area contributed by atoms with E-state index in [0.29, 0.717) is 14.5 Å². The van der Waals surface area contributed by atoms with E-state index in [1.165, 1.54) is 30.3 Å². The molecule has 0 amide bonds. The van der Waals surface area contributed by atoms with E-state index in [2.05, 4.69) is 0 Å². The van der Waals surface area contributed by atoms with Gasteiger partial charge in [-0.05, 0) is 35.2 Å². The van der Waals surface area contributed by atoms with Crippen LogP contribution >= 0.6 is 0 Å². The van der Waals surface area contributed by atoms with Gasteiger partial charge in [-0.2, -0.15) is 12.1 Å². The second-order valence-corrected chi connectivity index (χ2v) is 9.43. The molecule has 0 saturated carbocycles. The molecule has 1 heterocycles. The van der Waals surface area contributed by atoms with Crippen molar-refractivity contribution in [3.05, 3.63) is 66.2 Å². The average molecular weight is 388 g/mol. The van der Waals surface area contributed by atoms with Gasteiger partial charge in [-0.15, -0.1) is 0 Å². The molecule has 0 N–H and O–H groups in total. The fraction of sp³-hybridized carbons (Fsp3) is 0. The van der Waals surface area contributed by atoms with Crippen LogP contribution in [0.4, 0.5) is 5.69 Å². The first-order chi connectivity index (χ1) is 12.2. The summed E-state index contributed by atoms with van der Waals surface area (Å²) in [6, 6.07) is 13.6. The fourth-order valence-electron chi connectivity index (χ4n) is 3.01. The Kier molecular flexibility index (Phi) is 3.37. The highest BCUT2D eigenvalue weighted by atomic mass is 32.3. The molecule has 0 radical (unpaired) electrons. The molecule has 1 aliphatic heterocycles. The number of hydrogen-bond acceptors (Lipinski definition) is 6. The number of carboxylic acids is 1. The van der Waals surface area contributed by atoms with Crippen molar-refractivity contribution in [2.75, 3.05) is 3.71 Å². The number of anilines is 1. The summed E-state index contributed by atoms with van der Waals surface area (Å²) in [5.41, 5.74) is -0.352. The quantitative estimate of drug-likeness (QED) is 0.664. The highest BCUT2D eigenvalue weighted by molar-refractivity contribution is 8.10. The van der Waals surface area contributed by atoms with E-state index < -0.39 is 30.9 Å². The lowest BCUT2D eigenvalue weighted by atomic mass is 10.1. The molecule has 0 aromatic heterocycles. The summed E-state index contributed by atoms with van der Waals surface area (Å²) in [6.07, 6.45) is 0. The van der Waals surface area contributed by atoms with Crippen molar-refractivity contribution in [2.45, 2.75) is 9.79 Å². The lowest BCUT2D eigenvalue weighted by molar-refractivity contribution is -0.255. The molecule has 0 spiro atoms. The van der Waals surface area contributed by atoms with Crippen LogP contribution in [0, 0.1) is 0 Å². The number of aromatic carboxylic acids is 1. The minimum atomic E-state index is -4.56. The molecule has 9 heteroatoms. The molecular formula is C17H10NO6S2-. The first-order valence-corrected chi connectivity index (χ1v) is 10.3. The Morgan fingerprint density at radius 3 is 2.31 bits per heavy atom. The van der Waals surface area contributed by atoms with Crippen molar-refractivity contribution >= 4 is 42.5 Å². The van der Waals surface area contributed by atoms with Gasteiger partial charge in [0.25, 0.3) is 20.0 Å². The fourth-order valence-corrected chi connectivity index (χ4v) is 6.99. The SMILES string of the molecule is O=C([O-])c1cccc(S(=O)(=O)N2c3cccc4cccc(c34)S2(=O)=O)c1. The average Bonchev–Trinajstić information content (AvgIpc) is 2.85. The number of carbonyl (C=O) groups excluding carboxylic acids is 1. The predicted octanol–water partition coefficient (Wildman–Crippen LogP) is 1.10. The third-order valence-corrected chi connectivity index (χ3v) is 8.31. The normalized spacial score (nSPS) is 15.3. The first kappa shape index (κ1) is 16.6. The number of carboxylic acid groups (broad SMARTS) is 1. The summed E-state index contributed by atoms with van der Waals surface area (Å²) in [6.45, 7) is 0. The van der Waals surface area contributed by atoms with Crippen molar-refractivity contribution in [1.29, 1.82) is 0 Å². The molecule has 0 unspecified atom stereocenters. The van der Waals surface area contributed by atoms with E-state index >= 15 is 0 Å². The standard InChI is InChI=1S/C17H11NO6S2/c19-17(20)12-6-1-7-13(10-12)25(21,22)18-14-8-2-4-11-5-3-9-15(16(11)14)26(18,23)24/h1-10H,(H,19,20)/p-1. The van der Waals surface area contributed by atoms with Gasteiger partial charge < -0.3 is 9.90 Å². The van der Waals surface area contributed by atoms with Crippen molar-refractivity contribution in [3.63, 3.8) is 0 Å². The monoisotopic (exact) mass is 388 g/mol. The Balaban J connectivity index is 2.01. The van der Waals surface area contributed by atoms with Crippen LogP contribution in [0.3, 0.4) is 0 Å². The smallest absolute Gasteiger partial charge is 0.278 e. The number of nitrogens with zero attached hydrogens (tertiary/aromatic N) is 1. The first-order valence-electron chi connectivity index (χ1n) is 7.38. The van der Waals surface area contributed by atoms with Gasteiger partial charge in [-0.1, -0.05) is 36.4 Å². The van der Waals surface area contributed by atoms with Crippen LogP contribution in [-0.4, -0.2) is 22.8 Å². The molecule has 1 aliphatic rings. The second-order valence-electron chi connectivity index (χ2n) is 5.65. The number of rotatable bonds is 3. The molecule has 132 valence electrons. The van der Waals surface area contributed by atoms with Crippen LogP contribution in [0.15, 0.2) is 70.5 Å². The third kappa shape index (κ3) is 2.14. The second kappa shape index (κ2) is 5.29. The van der Waals surface area contributed by atoms with E-state index in [0.717, 1.165) is 12.1 Å². The van der Waals surface area contributed by atoms with Crippen LogP contribution in [0.1, 0.15) is 10.4 Å². The molecule has 0 aliphatic carbocycles. The zero-order chi connectivity index (χ0) is 18.7. The Labute approximate surface area is 149 Å². The highest BCUT2D eigenvalue weighted by Gasteiger charge is 2.44. The number of sulfonamides is 2. The van der Waals surface area contributed by atoms with Crippen molar-refractivity contribution < 1.29 is 26.7 Å². The lowest BCUT2D eigenvalue weighted by Crippen LogP contribution is -2.34. The molecule has 0 bridgehead atoms. The van der Waals surface area contributed by atoms with Gasteiger partial charge in [-0.3, -0.25) is 0 Å². The molecule has 0 atom stereocenters. The summed E-state index contributed by atoms with van der Waals surface area (Å²) < 4.78 is 52.3. The molecule has 3 aromatic rings. The van der Waals surface area contributed by atoms with E-state index in [9.17, 15) is 26.7 Å². The van der Waals surface area contributed by atoms with E-state index in [1.54, 1.807) is 18.2 Å². The topological polar surface area (TPSA) is 112 Å². The number of benzene rings is 3. The van der Waals surface area contributed by atoms with E-state index in [-0.39, 0.29) is 16.1 Å². The van der Waals surface area contributed by atoms with Crippen LogP contribution in [0.5, 0.6) is 0 Å². The Hall–Kier alpha value is -2.91. The summed E-state index contributed by atoms with van der Waals surface area (Å²) in [7, 11) is -8.92. The van der Waals surface area contributed by atoms with Crippen LogP contribution in [0.25, 0.3) is 10.8 Å². The van der Waals surface area contributed by atoms with Gasteiger partial charge in [0, 0.05) is 5.39 Å². The van der Waals surface area contributed by atoms with Crippen LogP contribution in [0.2, 0.25) is 0 Å². The third-order valence-electron chi connectivity index (χ3n) is 4.12. The van der Waals surface area contributed by atoms with E-state index in [1.807, 2.05) is 0 Å². The van der Waals surface area contributed by atoms with Crippen LogP contribution in [-0.2, 0) is 20.0 Å². The molecule has 7 nitrogen and oxygen atoms in total. The number of hydrogen-bond donors (Lipinski definition) is 0. The maximum atomic E-state index is 13.1. The largest absolute Gasteiger partial charge is 0.545 e. The molecule has 0 fully saturated rings. The van der Waals surface area contributed by atoms with Crippen molar-refractivity contribution in [1.82, 2.24) is 0 Å². The zero-order valence-corrected chi connectivity index (χ0v) is 14.6. The Bertz CT molecular complexity index is 1290. The van der Waals surface area contributed by atoms with Gasteiger partial charge >= 0.3 is 0 Å². The molecular weight excluding hydrogens is 378 g/mol. The molecule has 26 heavy (non-hydrogen) atoms. The van der Waals surface area contributed by atoms with Gasteiger partial charge in [-0.25, -0.2) is 8.42 Å². The minimum Gasteiger partial charge on any atom is -0.545 e. The van der Waals surface area contributed by atoms with E-state index in [4.69, 9.17) is 0 Å². The highest BCUT2D eigenvalue weighted by Crippen LogP contribution is 2.44. The maximum absolute atomic E-state index is 13.1. The molecule has 3 aromatic carbocycles. The van der Waals surface area contributed by atoms with Gasteiger partial charge in [0.05, 0.1) is 21.4 Å². The Morgan fingerprint density at radius 2 is 1.62 bits per heavy atom. The summed E-state index contributed by atoms with van der Waals surface area (Å²) in [5, 5.41) is 11.9. The Morgan fingerprint density at radius 1 is 0.962 bits per heavy atom. The van der Waals surface area contributed by atoms with Gasteiger partial charge in [0.15, 0.2) is 0 Å². The molecule has 4 rings (SSSR count). The van der Waals surface area contributed by atoms with Crippen molar-refractivity contribution in [2.24, 2.45) is 0 Å². The molecule has 0 saturated heterocycles. The van der Waals surface area contributed by atoms with Gasteiger partial charge in [0.1, 0.15) is 0 Å². The van der Waals surface area contributed by atoms with Crippen molar-refractivity contribution in [3.8, 4) is 0 Å². The predicted molar refractivity (Wildman–Crippen MR) is 91.6 cm³/mol. The van der Waals surface area contributed by atoms with Gasteiger partial charge in [0.2, 0.25) is 0 Å². The summed E-state index contributed by atoms with van der Waals surface area (Å²) in [4.78, 5) is 10.5. The summed E-state index contributed by atoms with van der Waals surface area (Å²) in [5.74, 6) is -1.56.